The molecule has 2 aromatic carbocycles. The van der Waals surface area contributed by atoms with Gasteiger partial charge in [0.25, 0.3) is 0 Å². The van der Waals surface area contributed by atoms with Crippen molar-refractivity contribution in [3.05, 3.63) is 60.4 Å². The molecule has 7 nitrogen and oxygen atoms in total. The SMILES string of the molecule is O=C(CN1CCC(NC(=O)CSCC(=O)Nc2ccccc2F)CC1)Nc1ccccc1. The number of likely N-dealkylation sites (tertiary alicyclic amines) is 1. The molecular formula is C23H27FN4O3S. The summed E-state index contributed by atoms with van der Waals surface area (Å²) in [6, 6.07) is 15.4. The summed E-state index contributed by atoms with van der Waals surface area (Å²) in [5, 5.41) is 8.36. The Bertz CT molecular complexity index is 920. The number of rotatable bonds is 9. The molecule has 32 heavy (non-hydrogen) atoms. The number of halogens is 1. The van der Waals surface area contributed by atoms with Gasteiger partial charge in [-0.3, -0.25) is 19.3 Å². The van der Waals surface area contributed by atoms with Gasteiger partial charge in [-0.25, -0.2) is 4.39 Å². The van der Waals surface area contributed by atoms with Gasteiger partial charge >= 0.3 is 0 Å². The van der Waals surface area contributed by atoms with E-state index in [1.807, 2.05) is 30.3 Å². The number of thioether (sulfide) groups is 1. The predicted molar refractivity (Wildman–Crippen MR) is 125 cm³/mol. The van der Waals surface area contributed by atoms with Gasteiger partial charge in [-0.05, 0) is 37.1 Å². The number of hydrogen-bond acceptors (Lipinski definition) is 5. The van der Waals surface area contributed by atoms with Gasteiger partial charge in [0.2, 0.25) is 17.7 Å². The maximum absolute atomic E-state index is 13.5. The van der Waals surface area contributed by atoms with Crippen molar-refractivity contribution in [2.75, 3.05) is 41.8 Å². The number of benzene rings is 2. The van der Waals surface area contributed by atoms with Crippen LogP contribution in [0.4, 0.5) is 15.8 Å². The van der Waals surface area contributed by atoms with Crippen LogP contribution in [0.1, 0.15) is 12.8 Å². The quantitative estimate of drug-likeness (QED) is 0.538. The van der Waals surface area contributed by atoms with Crippen LogP contribution in [0.3, 0.4) is 0 Å². The summed E-state index contributed by atoms with van der Waals surface area (Å²) in [7, 11) is 0. The third kappa shape index (κ3) is 7.97. The number of carbonyl (C=O) groups excluding carboxylic acids is 3. The van der Waals surface area contributed by atoms with E-state index in [1.54, 1.807) is 12.1 Å². The van der Waals surface area contributed by atoms with Crippen molar-refractivity contribution in [3.8, 4) is 0 Å². The molecule has 0 spiro atoms. The van der Waals surface area contributed by atoms with Crippen molar-refractivity contribution in [1.82, 2.24) is 10.2 Å². The molecule has 3 amide bonds. The van der Waals surface area contributed by atoms with Crippen molar-refractivity contribution in [3.63, 3.8) is 0 Å². The van der Waals surface area contributed by atoms with E-state index in [1.165, 1.54) is 23.9 Å². The number of para-hydroxylation sites is 2. The van der Waals surface area contributed by atoms with E-state index in [0.29, 0.717) is 6.54 Å². The van der Waals surface area contributed by atoms with Crippen molar-refractivity contribution < 1.29 is 18.8 Å². The highest BCUT2D eigenvalue weighted by Gasteiger charge is 2.22. The standard InChI is InChI=1S/C23H27FN4O3S/c24-19-8-4-5-9-20(19)27-23(31)16-32-15-22(30)26-18-10-12-28(13-11-18)14-21(29)25-17-6-2-1-3-7-17/h1-9,18H,10-16H2,(H,25,29)(H,26,30)(H,27,31). The normalized spacial score (nSPS) is 14.5. The molecule has 0 bridgehead atoms. The third-order valence-electron chi connectivity index (χ3n) is 4.99. The number of nitrogens with zero attached hydrogens (tertiary/aromatic N) is 1. The fraction of sp³-hybridized carbons (Fsp3) is 0.348. The Kier molecular flexibility index (Phi) is 9.06. The number of hydrogen-bond donors (Lipinski definition) is 3. The maximum atomic E-state index is 13.5. The lowest BCUT2D eigenvalue weighted by atomic mass is 10.1. The van der Waals surface area contributed by atoms with Crippen LogP contribution in [-0.4, -0.2) is 59.8 Å². The monoisotopic (exact) mass is 458 g/mol. The Labute approximate surface area is 191 Å². The van der Waals surface area contributed by atoms with E-state index in [-0.39, 0.29) is 41.0 Å². The zero-order valence-corrected chi connectivity index (χ0v) is 18.5. The molecule has 2 aromatic rings. The molecule has 1 aliphatic heterocycles. The zero-order valence-electron chi connectivity index (χ0n) is 17.7. The lowest BCUT2D eigenvalue weighted by Gasteiger charge is -2.31. The molecule has 1 heterocycles. The van der Waals surface area contributed by atoms with Crippen LogP contribution in [0.25, 0.3) is 0 Å². The number of carbonyl (C=O) groups is 3. The molecule has 3 rings (SSSR count). The third-order valence-corrected chi connectivity index (χ3v) is 5.92. The number of nitrogens with one attached hydrogen (secondary N) is 3. The lowest BCUT2D eigenvalue weighted by Crippen LogP contribution is -2.47. The molecule has 1 aliphatic rings. The Hall–Kier alpha value is -2.91. The first-order valence-electron chi connectivity index (χ1n) is 10.5. The Morgan fingerprint density at radius 3 is 2.25 bits per heavy atom. The van der Waals surface area contributed by atoms with E-state index in [2.05, 4.69) is 20.9 Å². The highest BCUT2D eigenvalue weighted by atomic mass is 32.2. The molecule has 170 valence electrons. The van der Waals surface area contributed by atoms with Crippen LogP contribution in [-0.2, 0) is 14.4 Å². The summed E-state index contributed by atoms with van der Waals surface area (Å²) in [5.74, 6) is -0.804. The Morgan fingerprint density at radius 1 is 0.875 bits per heavy atom. The fourth-order valence-corrected chi connectivity index (χ4v) is 4.04. The summed E-state index contributed by atoms with van der Waals surface area (Å²) in [4.78, 5) is 38.3. The Morgan fingerprint density at radius 2 is 1.53 bits per heavy atom. The number of anilines is 2. The largest absolute Gasteiger partial charge is 0.353 e. The van der Waals surface area contributed by atoms with Gasteiger partial charge in [-0.15, -0.1) is 11.8 Å². The van der Waals surface area contributed by atoms with Gasteiger partial charge in [0.05, 0.1) is 23.7 Å². The van der Waals surface area contributed by atoms with E-state index in [0.717, 1.165) is 31.6 Å². The summed E-state index contributed by atoms with van der Waals surface area (Å²) in [6.07, 6.45) is 1.53. The highest BCUT2D eigenvalue weighted by molar-refractivity contribution is 8.00. The molecule has 0 saturated carbocycles. The van der Waals surface area contributed by atoms with E-state index in [9.17, 15) is 18.8 Å². The van der Waals surface area contributed by atoms with Gasteiger partial charge in [0.15, 0.2) is 0 Å². The van der Waals surface area contributed by atoms with Crippen molar-refractivity contribution in [1.29, 1.82) is 0 Å². The first-order valence-corrected chi connectivity index (χ1v) is 11.6. The van der Waals surface area contributed by atoms with Crippen LogP contribution in [0.2, 0.25) is 0 Å². The molecule has 9 heteroatoms. The summed E-state index contributed by atoms with van der Waals surface area (Å²) >= 11 is 1.18. The number of piperidine rings is 1. The van der Waals surface area contributed by atoms with Crippen LogP contribution < -0.4 is 16.0 Å². The second kappa shape index (κ2) is 12.2. The van der Waals surface area contributed by atoms with Gasteiger partial charge in [-0.2, -0.15) is 0 Å². The maximum Gasteiger partial charge on any atom is 0.238 e. The predicted octanol–water partition coefficient (Wildman–Crippen LogP) is 2.72. The van der Waals surface area contributed by atoms with Crippen molar-refractivity contribution >= 4 is 40.9 Å². The van der Waals surface area contributed by atoms with Gasteiger partial charge < -0.3 is 16.0 Å². The molecule has 0 aliphatic carbocycles. The molecular weight excluding hydrogens is 431 g/mol. The summed E-state index contributed by atoms with van der Waals surface area (Å²) in [5.41, 5.74) is 0.909. The van der Waals surface area contributed by atoms with Crippen LogP contribution in [0.15, 0.2) is 54.6 Å². The second-order valence-electron chi connectivity index (χ2n) is 7.55. The van der Waals surface area contributed by atoms with Crippen LogP contribution in [0, 0.1) is 5.82 Å². The molecule has 0 unspecified atom stereocenters. The number of amides is 3. The van der Waals surface area contributed by atoms with Gasteiger partial charge in [0.1, 0.15) is 5.82 Å². The van der Waals surface area contributed by atoms with Gasteiger partial charge in [-0.1, -0.05) is 30.3 Å². The average Bonchev–Trinajstić information content (AvgIpc) is 2.77. The van der Waals surface area contributed by atoms with E-state index in [4.69, 9.17) is 0 Å². The van der Waals surface area contributed by atoms with Gasteiger partial charge in [0, 0.05) is 24.8 Å². The first kappa shape index (κ1) is 23.7. The van der Waals surface area contributed by atoms with E-state index < -0.39 is 5.82 Å². The average molecular weight is 459 g/mol. The first-order chi connectivity index (χ1) is 15.5. The minimum atomic E-state index is -0.493. The minimum Gasteiger partial charge on any atom is -0.353 e. The van der Waals surface area contributed by atoms with Crippen molar-refractivity contribution in [2.45, 2.75) is 18.9 Å². The van der Waals surface area contributed by atoms with Crippen molar-refractivity contribution in [2.24, 2.45) is 0 Å². The minimum absolute atomic E-state index is 0.0521. The topological polar surface area (TPSA) is 90.5 Å². The molecule has 0 aromatic heterocycles. The van der Waals surface area contributed by atoms with E-state index >= 15 is 0 Å². The van der Waals surface area contributed by atoms with Crippen LogP contribution >= 0.6 is 11.8 Å². The van der Waals surface area contributed by atoms with Crippen LogP contribution in [0.5, 0.6) is 0 Å². The zero-order chi connectivity index (χ0) is 22.8. The Balaban J connectivity index is 1.28. The summed E-state index contributed by atoms with van der Waals surface area (Å²) in [6.45, 7) is 1.78. The molecule has 1 fully saturated rings. The lowest BCUT2D eigenvalue weighted by molar-refractivity contribution is -0.120. The molecule has 0 atom stereocenters. The second-order valence-corrected chi connectivity index (χ2v) is 8.54. The fourth-order valence-electron chi connectivity index (χ4n) is 3.42. The molecule has 3 N–H and O–H groups in total. The molecule has 1 saturated heterocycles. The smallest absolute Gasteiger partial charge is 0.238 e. The summed E-state index contributed by atoms with van der Waals surface area (Å²) < 4.78 is 13.5. The molecule has 0 radical (unpaired) electrons. The highest BCUT2D eigenvalue weighted by Crippen LogP contribution is 2.14.